The van der Waals surface area contributed by atoms with Crippen LogP contribution in [-0.2, 0) is 18.3 Å². The maximum absolute atomic E-state index is 11.8. The molecule has 3 aromatic rings. The van der Waals surface area contributed by atoms with Gasteiger partial charge in [-0.25, -0.2) is 5.53 Å². The van der Waals surface area contributed by atoms with Crippen molar-refractivity contribution in [1.29, 1.82) is 5.53 Å². The number of carbonyl (C=O) groups excluding carboxylic acids is 1. The summed E-state index contributed by atoms with van der Waals surface area (Å²) in [6.07, 6.45) is 5.06. The first kappa shape index (κ1) is 22.3. The second kappa shape index (κ2) is 9.68. The predicted octanol–water partition coefficient (Wildman–Crippen LogP) is 4.24. The molecule has 8 nitrogen and oxygen atoms in total. The lowest BCUT2D eigenvalue weighted by Crippen LogP contribution is -2.20. The fourth-order valence-corrected chi connectivity index (χ4v) is 4.20. The molecule has 170 valence electrons. The topological polar surface area (TPSA) is 107 Å². The standard InChI is InChI=1S/C25H29N7O/c1-16(31-26)25-21-8-7-18(19-14-29-32(3)15-19)13-22(21)23(9-10-28-25)30-20-6-4-5-17(11-20)12-24(33)27-2/h4-8,11,13-15,23,26,28,30H,9-10,12H2,1-3H3,(H,27,33)/b25-16-,31-26?. The van der Waals surface area contributed by atoms with Crippen LogP contribution in [0.25, 0.3) is 16.8 Å². The van der Waals surface area contributed by atoms with Gasteiger partial charge in [-0.1, -0.05) is 24.3 Å². The Morgan fingerprint density at radius 1 is 1.27 bits per heavy atom. The molecule has 1 aliphatic rings. The van der Waals surface area contributed by atoms with Gasteiger partial charge in [0.2, 0.25) is 5.91 Å². The highest BCUT2D eigenvalue weighted by Gasteiger charge is 2.23. The molecule has 1 aliphatic heterocycles. The van der Waals surface area contributed by atoms with Crippen LogP contribution in [-0.4, -0.2) is 29.3 Å². The maximum Gasteiger partial charge on any atom is 0.224 e. The minimum atomic E-state index is -0.0123. The zero-order valence-corrected chi connectivity index (χ0v) is 19.1. The van der Waals surface area contributed by atoms with Gasteiger partial charge in [-0.3, -0.25) is 9.48 Å². The van der Waals surface area contributed by atoms with Gasteiger partial charge in [0.1, 0.15) is 0 Å². The molecule has 0 fully saturated rings. The average Bonchev–Trinajstić information content (AvgIpc) is 3.18. The Labute approximate surface area is 193 Å². The summed E-state index contributed by atoms with van der Waals surface area (Å²) in [4.78, 5) is 11.8. The molecular formula is C25H29N7O. The first-order valence-electron chi connectivity index (χ1n) is 11.0. The van der Waals surface area contributed by atoms with Crippen molar-refractivity contribution >= 4 is 17.3 Å². The minimum Gasteiger partial charge on any atom is -0.383 e. The van der Waals surface area contributed by atoms with Gasteiger partial charge in [0.25, 0.3) is 0 Å². The summed E-state index contributed by atoms with van der Waals surface area (Å²) in [5.74, 6) is -0.0123. The highest BCUT2D eigenvalue weighted by molar-refractivity contribution is 5.78. The summed E-state index contributed by atoms with van der Waals surface area (Å²) < 4.78 is 1.80. The fourth-order valence-electron chi connectivity index (χ4n) is 4.20. The van der Waals surface area contributed by atoms with Gasteiger partial charge in [-0.2, -0.15) is 10.2 Å². The van der Waals surface area contributed by atoms with Crippen molar-refractivity contribution in [2.45, 2.75) is 25.8 Å². The van der Waals surface area contributed by atoms with Gasteiger partial charge in [-0.05, 0) is 48.2 Å². The molecule has 0 saturated carbocycles. The number of aryl methyl sites for hydroxylation is 1. The van der Waals surface area contributed by atoms with Crippen molar-refractivity contribution in [2.24, 2.45) is 12.2 Å². The molecule has 8 heteroatoms. The number of nitrogens with one attached hydrogen (secondary N) is 4. The van der Waals surface area contributed by atoms with E-state index in [1.165, 1.54) is 0 Å². The quantitative estimate of drug-likeness (QED) is 0.427. The molecule has 0 spiro atoms. The molecular weight excluding hydrogens is 414 g/mol. The summed E-state index contributed by atoms with van der Waals surface area (Å²) in [7, 11) is 3.56. The Morgan fingerprint density at radius 2 is 2.12 bits per heavy atom. The third-order valence-corrected chi connectivity index (χ3v) is 5.91. The SMILES string of the molecule is CNC(=O)Cc1cccc(NC2CCN/C(=C(/C)N=N)c3ccc(-c4cnn(C)c4)cc32)c1. The molecule has 4 N–H and O–H groups in total. The Bertz CT molecular complexity index is 1210. The first-order valence-corrected chi connectivity index (χ1v) is 11.0. The molecule has 0 bridgehead atoms. The molecule has 4 rings (SSSR count). The van der Waals surface area contributed by atoms with Crippen LogP contribution in [0.3, 0.4) is 0 Å². The van der Waals surface area contributed by atoms with Gasteiger partial charge >= 0.3 is 0 Å². The lowest BCUT2D eigenvalue weighted by Gasteiger charge is -2.22. The van der Waals surface area contributed by atoms with E-state index in [0.29, 0.717) is 12.1 Å². The van der Waals surface area contributed by atoms with Crippen LogP contribution in [0, 0.1) is 5.53 Å². The lowest BCUT2D eigenvalue weighted by atomic mass is 9.93. The first-order chi connectivity index (χ1) is 16.0. The number of amides is 1. The van der Waals surface area contributed by atoms with E-state index in [4.69, 9.17) is 5.53 Å². The smallest absolute Gasteiger partial charge is 0.224 e. The lowest BCUT2D eigenvalue weighted by molar-refractivity contribution is -0.119. The molecule has 1 unspecified atom stereocenters. The maximum atomic E-state index is 11.8. The van der Waals surface area contributed by atoms with Gasteiger partial charge in [-0.15, -0.1) is 0 Å². The molecule has 1 aromatic heterocycles. The number of aromatic nitrogens is 2. The van der Waals surface area contributed by atoms with E-state index in [2.05, 4.69) is 44.4 Å². The highest BCUT2D eigenvalue weighted by atomic mass is 16.1. The number of hydrogen-bond donors (Lipinski definition) is 4. The largest absolute Gasteiger partial charge is 0.383 e. The number of allylic oxidation sites excluding steroid dienone is 1. The number of hydrogen-bond acceptors (Lipinski definition) is 6. The molecule has 0 aliphatic carbocycles. The average molecular weight is 444 g/mol. The number of anilines is 1. The third-order valence-electron chi connectivity index (χ3n) is 5.91. The Hall–Kier alpha value is -3.94. The predicted molar refractivity (Wildman–Crippen MR) is 130 cm³/mol. The Kier molecular flexibility index (Phi) is 6.53. The molecule has 1 atom stereocenters. The second-order valence-corrected chi connectivity index (χ2v) is 8.24. The van der Waals surface area contributed by atoms with E-state index in [1.54, 1.807) is 11.7 Å². The van der Waals surface area contributed by atoms with Crippen LogP contribution in [0.15, 0.2) is 65.7 Å². The van der Waals surface area contributed by atoms with Crippen molar-refractivity contribution in [2.75, 3.05) is 18.9 Å². The van der Waals surface area contributed by atoms with Crippen molar-refractivity contribution in [1.82, 2.24) is 20.4 Å². The van der Waals surface area contributed by atoms with E-state index >= 15 is 0 Å². The van der Waals surface area contributed by atoms with Crippen LogP contribution >= 0.6 is 0 Å². The van der Waals surface area contributed by atoms with Crippen molar-refractivity contribution < 1.29 is 4.79 Å². The Morgan fingerprint density at radius 3 is 2.85 bits per heavy atom. The Balaban J connectivity index is 1.74. The van der Waals surface area contributed by atoms with E-state index in [1.807, 2.05) is 50.6 Å². The van der Waals surface area contributed by atoms with Gasteiger partial charge < -0.3 is 16.0 Å². The fraction of sp³-hybridized carbons (Fsp3) is 0.280. The highest BCUT2D eigenvalue weighted by Crippen LogP contribution is 2.36. The molecule has 1 amide bonds. The summed E-state index contributed by atoms with van der Waals surface area (Å²) >= 11 is 0. The van der Waals surface area contributed by atoms with Crippen molar-refractivity contribution in [3.8, 4) is 11.1 Å². The van der Waals surface area contributed by atoms with Crippen LogP contribution in [0.2, 0.25) is 0 Å². The molecule has 2 aromatic carbocycles. The van der Waals surface area contributed by atoms with Crippen LogP contribution in [0.1, 0.15) is 36.1 Å². The van der Waals surface area contributed by atoms with E-state index < -0.39 is 0 Å². The molecule has 33 heavy (non-hydrogen) atoms. The number of fused-ring (bicyclic) bond motifs is 1. The van der Waals surface area contributed by atoms with Gasteiger partial charge in [0, 0.05) is 43.7 Å². The second-order valence-electron chi connectivity index (χ2n) is 8.24. The van der Waals surface area contributed by atoms with Crippen LogP contribution in [0.4, 0.5) is 5.69 Å². The van der Waals surface area contributed by atoms with Crippen LogP contribution < -0.4 is 16.0 Å². The van der Waals surface area contributed by atoms with E-state index in [-0.39, 0.29) is 11.9 Å². The summed E-state index contributed by atoms with van der Waals surface area (Å²) in [5.41, 5.74) is 15.3. The number of carbonyl (C=O) groups is 1. The molecule has 2 heterocycles. The summed E-state index contributed by atoms with van der Waals surface area (Å²) in [6.45, 7) is 2.60. The number of benzene rings is 2. The number of rotatable bonds is 6. The summed E-state index contributed by atoms with van der Waals surface area (Å²) in [5, 5.41) is 17.8. The molecule has 0 radical (unpaired) electrons. The van der Waals surface area contributed by atoms with Crippen molar-refractivity contribution in [3.05, 3.63) is 77.2 Å². The van der Waals surface area contributed by atoms with Crippen LogP contribution in [0.5, 0.6) is 0 Å². The zero-order valence-electron chi connectivity index (χ0n) is 19.1. The number of nitrogens with zero attached hydrogens (tertiary/aromatic N) is 3. The van der Waals surface area contributed by atoms with Gasteiger partial charge in [0.15, 0.2) is 0 Å². The monoisotopic (exact) mass is 443 g/mol. The normalized spacial score (nSPS) is 16.8. The van der Waals surface area contributed by atoms with E-state index in [0.717, 1.165) is 52.2 Å². The molecule has 0 saturated heterocycles. The summed E-state index contributed by atoms with van der Waals surface area (Å²) in [6, 6.07) is 14.4. The van der Waals surface area contributed by atoms with Crippen molar-refractivity contribution in [3.63, 3.8) is 0 Å². The van der Waals surface area contributed by atoms with E-state index in [9.17, 15) is 4.79 Å². The number of likely N-dealkylation sites (N-methyl/N-ethyl adjacent to an activating group) is 1. The third kappa shape index (κ3) is 4.95. The van der Waals surface area contributed by atoms with Gasteiger partial charge in [0.05, 0.1) is 30.1 Å². The zero-order chi connectivity index (χ0) is 23.4. The minimum absolute atomic E-state index is 0.0123.